The number of methoxy groups -OCH3 is 2. The Morgan fingerprint density at radius 3 is 2.47 bits per heavy atom. The molecule has 8 nitrogen and oxygen atoms in total. The van der Waals surface area contributed by atoms with Crippen LogP contribution in [-0.2, 0) is 6.54 Å². The van der Waals surface area contributed by atoms with Crippen LogP contribution in [0.3, 0.4) is 0 Å². The smallest absolute Gasteiger partial charge is 0.270 e. The van der Waals surface area contributed by atoms with Crippen molar-refractivity contribution in [1.82, 2.24) is 5.32 Å². The molecule has 0 atom stereocenters. The van der Waals surface area contributed by atoms with Gasteiger partial charge in [-0.25, -0.2) is 0 Å². The normalized spacial score (nSPS) is 14.3. The molecule has 2 aromatic carbocycles. The van der Waals surface area contributed by atoms with E-state index in [9.17, 15) is 14.9 Å². The highest BCUT2D eigenvalue weighted by Crippen LogP contribution is 2.30. The molecule has 1 saturated heterocycles. The lowest BCUT2D eigenvalue weighted by Gasteiger charge is -2.33. The molecule has 0 unspecified atom stereocenters. The van der Waals surface area contributed by atoms with Gasteiger partial charge in [-0.05, 0) is 42.5 Å². The molecular weight excluding hydrogens is 386 g/mol. The molecule has 2 aromatic rings. The Balaban J connectivity index is 1.81. The number of benzene rings is 2. The van der Waals surface area contributed by atoms with Gasteiger partial charge in [0.25, 0.3) is 11.6 Å². The SMILES string of the molecule is COc1ccc(CNC(=O)c2cc([N+](=O)[O-])ccc2N2CCC(C)CC2)cc1OC. The van der Waals surface area contributed by atoms with Crippen LogP contribution in [0.1, 0.15) is 35.7 Å². The van der Waals surface area contributed by atoms with E-state index < -0.39 is 4.92 Å². The third kappa shape index (κ3) is 4.82. The third-order valence-electron chi connectivity index (χ3n) is 5.46. The molecule has 3 rings (SSSR count). The Kier molecular flexibility index (Phi) is 6.76. The van der Waals surface area contributed by atoms with E-state index in [0.29, 0.717) is 23.0 Å². The van der Waals surface area contributed by atoms with Crippen molar-refractivity contribution in [2.75, 3.05) is 32.2 Å². The first kappa shape index (κ1) is 21.4. The van der Waals surface area contributed by atoms with Crippen LogP contribution in [0.2, 0.25) is 0 Å². The second kappa shape index (κ2) is 9.47. The van der Waals surface area contributed by atoms with Crippen molar-refractivity contribution in [2.24, 2.45) is 5.92 Å². The van der Waals surface area contributed by atoms with Crippen molar-refractivity contribution in [3.8, 4) is 11.5 Å². The summed E-state index contributed by atoms with van der Waals surface area (Å²) in [5.41, 5.74) is 1.79. The zero-order chi connectivity index (χ0) is 21.7. The van der Waals surface area contributed by atoms with Gasteiger partial charge in [-0.2, -0.15) is 0 Å². The standard InChI is InChI=1S/C22H27N3O5/c1-15-8-10-24(11-9-15)19-6-5-17(25(27)28)13-18(19)22(26)23-14-16-4-7-20(29-2)21(12-16)30-3/h4-7,12-13,15H,8-11,14H2,1-3H3,(H,23,26). The van der Waals surface area contributed by atoms with Crippen molar-refractivity contribution in [3.05, 3.63) is 57.6 Å². The zero-order valence-electron chi connectivity index (χ0n) is 17.5. The van der Waals surface area contributed by atoms with E-state index in [1.165, 1.54) is 12.1 Å². The van der Waals surface area contributed by atoms with E-state index in [2.05, 4.69) is 17.1 Å². The van der Waals surface area contributed by atoms with Crippen LogP contribution in [-0.4, -0.2) is 38.1 Å². The van der Waals surface area contributed by atoms with Gasteiger partial charge >= 0.3 is 0 Å². The monoisotopic (exact) mass is 413 g/mol. The van der Waals surface area contributed by atoms with Crippen LogP contribution < -0.4 is 19.7 Å². The minimum Gasteiger partial charge on any atom is -0.493 e. The van der Waals surface area contributed by atoms with Crippen molar-refractivity contribution >= 4 is 17.3 Å². The number of hydrogen-bond acceptors (Lipinski definition) is 6. The maximum Gasteiger partial charge on any atom is 0.270 e. The quantitative estimate of drug-likeness (QED) is 0.548. The number of amides is 1. The number of nitro groups is 1. The van der Waals surface area contributed by atoms with Crippen LogP contribution in [0.4, 0.5) is 11.4 Å². The first-order chi connectivity index (χ1) is 14.4. The molecule has 1 fully saturated rings. The molecule has 1 aliphatic heterocycles. The number of nitrogens with zero attached hydrogens (tertiary/aromatic N) is 2. The maximum atomic E-state index is 13.0. The topological polar surface area (TPSA) is 93.9 Å². The molecule has 0 bridgehead atoms. The number of anilines is 1. The number of hydrogen-bond donors (Lipinski definition) is 1. The Labute approximate surface area is 175 Å². The van der Waals surface area contributed by atoms with Gasteiger partial charge in [-0.3, -0.25) is 14.9 Å². The highest BCUT2D eigenvalue weighted by atomic mass is 16.6. The molecule has 0 spiro atoms. The van der Waals surface area contributed by atoms with Gasteiger partial charge in [0.05, 0.1) is 30.4 Å². The summed E-state index contributed by atoms with van der Waals surface area (Å²) in [6, 6.07) is 9.89. The Morgan fingerprint density at radius 2 is 1.83 bits per heavy atom. The van der Waals surface area contributed by atoms with Crippen LogP contribution in [0.15, 0.2) is 36.4 Å². The third-order valence-corrected chi connectivity index (χ3v) is 5.46. The predicted molar refractivity (Wildman–Crippen MR) is 114 cm³/mol. The minimum absolute atomic E-state index is 0.0969. The summed E-state index contributed by atoms with van der Waals surface area (Å²) in [5, 5.41) is 14.1. The second-order valence-corrected chi connectivity index (χ2v) is 7.50. The number of non-ortho nitro benzene ring substituents is 1. The summed E-state index contributed by atoms with van der Waals surface area (Å²) >= 11 is 0. The average molecular weight is 413 g/mol. The van der Waals surface area contributed by atoms with E-state index in [4.69, 9.17) is 9.47 Å². The van der Waals surface area contributed by atoms with E-state index in [0.717, 1.165) is 37.2 Å². The Morgan fingerprint density at radius 1 is 1.13 bits per heavy atom. The summed E-state index contributed by atoms with van der Waals surface area (Å²) < 4.78 is 10.5. The maximum absolute atomic E-state index is 13.0. The van der Waals surface area contributed by atoms with Gasteiger partial charge in [-0.15, -0.1) is 0 Å². The molecule has 0 aliphatic carbocycles. The number of carbonyl (C=O) groups excluding carboxylic acids is 1. The highest BCUT2D eigenvalue weighted by molar-refractivity contribution is 6.00. The fourth-order valence-electron chi connectivity index (χ4n) is 3.61. The van der Waals surface area contributed by atoms with Gasteiger partial charge in [0.15, 0.2) is 11.5 Å². The predicted octanol–water partition coefficient (Wildman–Crippen LogP) is 3.78. The van der Waals surface area contributed by atoms with E-state index >= 15 is 0 Å². The van der Waals surface area contributed by atoms with Gasteiger partial charge in [-0.1, -0.05) is 13.0 Å². The molecule has 1 aliphatic rings. The van der Waals surface area contributed by atoms with E-state index in [-0.39, 0.29) is 18.1 Å². The number of nitro benzene ring substituents is 1. The fourth-order valence-corrected chi connectivity index (χ4v) is 3.61. The highest BCUT2D eigenvalue weighted by Gasteiger charge is 2.23. The number of nitrogens with one attached hydrogen (secondary N) is 1. The van der Waals surface area contributed by atoms with Gasteiger partial charge < -0.3 is 19.7 Å². The fraction of sp³-hybridized carbons (Fsp3) is 0.409. The molecule has 1 amide bonds. The van der Waals surface area contributed by atoms with E-state index in [1.807, 2.05) is 6.07 Å². The molecule has 8 heteroatoms. The lowest BCUT2D eigenvalue weighted by molar-refractivity contribution is -0.384. The summed E-state index contributed by atoms with van der Waals surface area (Å²) in [5.74, 6) is 1.47. The average Bonchev–Trinajstić information content (AvgIpc) is 2.77. The molecule has 160 valence electrons. The molecular formula is C22H27N3O5. The molecule has 0 radical (unpaired) electrons. The van der Waals surface area contributed by atoms with E-state index in [1.54, 1.807) is 32.4 Å². The summed E-state index contributed by atoms with van der Waals surface area (Å²) in [7, 11) is 3.11. The first-order valence-corrected chi connectivity index (χ1v) is 9.95. The Hall–Kier alpha value is -3.29. The first-order valence-electron chi connectivity index (χ1n) is 9.95. The summed E-state index contributed by atoms with van der Waals surface area (Å²) in [4.78, 5) is 25.9. The molecule has 1 heterocycles. The van der Waals surface area contributed by atoms with Crippen LogP contribution in [0.5, 0.6) is 11.5 Å². The molecule has 0 aromatic heterocycles. The number of rotatable bonds is 7. The van der Waals surface area contributed by atoms with Crippen LogP contribution in [0.25, 0.3) is 0 Å². The largest absolute Gasteiger partial charge is 0.493 e. The summed E-state index contributed by atoms with van der Waals surface area (Å²) in [6.45, 7) is 4.13. The van der Waals surface area contributed by atoms with Gasteiger partial charge in [0.1, 0.15) is 0 Å². The molecule has 30 heavy (non-hydrogen) atoms. The van der Waals surface area contributed by atoms with Crippen LogP contribution in [0, 0.1) is 16.0 Å². The molecule has 0 saturated carbocycles. The van der Waals surface area contributed by atoms with Crippen molar-refractivity contribution in [2.45, 2.75) is 26.3 Å². The molecule has 1 N–H and O–H groups in total. The van der Waals surface area contributed by atoms with Gasteiger partial charge in [0, 0.05) is 31.8 Å². The summed E-state index contributed by atoms with van der Waals surface area (Å²) in [6.07, 6.45) is 2.06. The van der Waals surface area contributed by atoms with Crippen molar-refractivity contribution < 1.29 is 19.2 Å². The minimum atomic E-state index is -0.479. The zero-order valence-corrected chi connectivity index (χ0v) is 17.5. The Bertz CT molecular complexity index is 923. The van der Waals surface area contributed by atoms with Crippen molar-refractivity contribution in [3.63, 3.8) is 0 Å². The lowest BCUT2D eigenvalue weighted by atomic mass is 9.98. The number of ether oxygens (including phenoxy) is 2. The van der Waals surface area contributed by atoms with Gasteiger partial charge in [0.2, 0.25) is 0 Å². The van der Waals surface area contributed by atoms with Crippen LogP contribution >= 0.6 is 0 Å². The lowest BCUT2D eigenvalue weighted by Crippen LogP contribution is -2.35. The number of carbonyl (C=O) groups is 1. The van der Waals surface area contributed by atoms with Crippen molar-refractivity contribution in [1.29, 1.82) is 0 Å². The second-order valence-electron chi connectivity index (χ2n) is 7.50. The number of piperidine rings is 1.